The number of benzene rings is 2. The highest BCUT2D eigenvalue weighted by Gasteiger charge is 2.26. The van der Waals surface area contributed by atoms with Crippen molar-refractivity contribution in [2.75, 3.05) is 26.4 Å². The molecule has 0 radical (unpaired) electrons. The van der Waals surface area contributed by atoms with Crippen LogP contribution in [0.25, 0.3) is 0 Å². The summed E-state index contributed by atoms with van der Waals surface area (Å²) in [4.78, 5) is 0. The summed E-state index contributed by atoms with van der Waals surface area (Å²) < 4.78 is 13.0. The Morgan fingerprint density at radius 2 is 1.19 bits per heavy atom. The van der Waals surface area contributed by atoms with Gasteiger partial charge in [0, 0.05) is 5.41 Å². The van der Waals surface area contributed by atoms with Crippen molar-refractivity contribution in [2.24, 2.45) is 0 Å². The molecule has 0 aliphatic rings. The summed E-state index contributed by atoms with van der Waals surface area (Å²) in [7, 11) is 0. The Balaban J connectivity index is 2.43. The molecule has 4 nitrogen and oxygen atoms in total. The zero-order chi connectivity index (χ0) is 20.2. The number of hydrogen-bond acceptors (Lipinski definition) is 4. The highest BCUT2D eigenvalue weighted by atomic mass is 79.9. The maximum atomic E-state index is 9.01. The topological polar surface area (TPSA) is 58.9 Å². The van der Waals surface area contributed by atoms with E-state index in [-0.39, 0.29) is 25.2 Å². The van der Waals surface area contributed by atoms with Crippen LogP contribution < -0.4 is 9.47 Å². The molecule has 2 rings (SSSR count). The largest absolute Gasteiger partial charge is 0.491 e. The lowest BCUT2D eigenvalue weighted by atomic mass is 9.77. The second-order valence-corrected chi connectivity index (χ2v) is 8.69. The molecule has 2 aromatic carbocycles. The summed E-state index contributed by atoms with van der Waals surface area (Å²) in [5.41, 5.74) is 4.16. The lowest BCUT2D eigenvalue weighted by Gasteiger charge is -2.29. The van der Waals surface area contributed by atoms with Crippen LogP contribution in [0.15, 0.2) is 33.2 Å². The van der Waals surface area contributed by atoms with Gasteiger partial charge in [-0.2, -0.15) is 0 Å². The normalized spacial score (nSPS) is 11.6. The van der Waals surface area contributed by atoms with E-state index in [4.69, 9.17) is 19.7 Å². The van der Waals surface area contributed by atoms with Crippen LogP contribution >= 0.6 is 31.9 Å². The van der Waals surface area contributed by atoms with E-state index >= 15 is 0 Å². The molecule has 0 aromatic heterocycles. The Morgan fingerprint density at radius 3 is 1.63 bits per heavy atom. The van der Waals surface area contributed by atoms with Crippen LogP contribution in [-0.2, 0) is 5.41 Å². The first kappa shape index (κ1) is 22.2. The van der Waals surface area contributed by atoms with Gasteiger partial charge in [-0.25, -0.2) is 0 Å². The molecule has 0 saturated heterocycles. The minimum absolute atomic E-state index is 0.00111. The summed E-state index contributed by atoms with van der Waals surface area (Å²) in [5, 5.41) is 18.0. The average molecular weight is 502 g/mol. The second-order valence-electron chi connectivity index (χ2n) is 6.98. The molecule has 0 heterocycles. The Morgan fingerprint density at radius 1 is 0.778 bits per heavy atom. The highest BCUT2D eigenvalue weighted by Crippen LogP contribution is 2.42. The van der Waals surface area contributed by atoms with E-state index in [1.54, 1.807) is 0 Å². The van der Waals surface area contributed by atoms with Gasteiger partial charge < -0.3 is 19.7 Å². The third-order valence-electron chi connectivity index (χ3n) is 4.58. The smallest absolute Gasteiger partial charge is 0.147 e. The molecule has 2 aromatic rings. The van der Waals surface area contributed by atoms with Crippen LogP contribution in [0.3, 0.4) is 0 Å². The number of aryl methyl sites for hydroxylation is 2. The number of halogens is 2. The molecule has 0 amide bonds. The van der Waals surface area contributed by atoms with Gasteiger partial charge in [0.1, 0.15) is 24.7 Å². The van der Waals surface area contributed by atoms with E-state index in [9.17, 15) is 0 Å². The maximum absolute atomic E-state index is 9.01. The predicted octanol–water partition coefficient (Wildman–Crippen LogP) is 4.90. The van der Waals surface area contributed by atoms with Crippen molar-refractivity contribution in [3.8, 4) is 11.5 Å². The number of hydrogen-bond donors (Lipinski definition) is 2. The molecule has 148 valence electrons. The SMILES string of the molecule is Cc1cc(C(C)(C)c2cc(Br)c(OCCO)c(Br)c2)cc(C)c1OCCO. The fourth-order valence-electron chi connectivity index (χ4n) is 3.06. The Kier molecular flexibility index (Phi) is 7.74. The molecule has 0 saturated carbocycles. The second kappa shape index (κ2) is 9.41. The van der Waals surface area contributed by atoms with Crippen LogP contribution in [0.1, 0.15) is 36.1 Å². The molecule has 2 N–H and O–H groups in total. The number of rotatable bonds is 8. The number of aliphatic hydroxyl groups is 2. The van der Waals surface area contributed by atoms with Gasteiger partial charge in [-0.05, 0) is 80.1 Å². The van der Waals surface area contributed by atoms with Gasteiger partial charge in [-0.3, -0.25) is 0 Å². The summed E-state index contributed by atoms with van der Waals surface area (Å²) in [6, 6.07) is 8.38. The molecule has 0 aliphatic carbocycles. The van der Waals surface area contributed by atoms with Crippen LogP contribution in [0, 0.1) is 13.8 Å². The van der Waals surface area contributed by atoms with Gasteiger partial charge >= 0.3 is 0 Å². The fourth-order valence-corrected chi connectivity index (χ4v) is 4.47. The molecule has 6 heteroatoms. The standard InChI is InChI=1S/C21H26Br2O4/c1-13-9-15(10-14(2)19(13)26-7-5-24)21(3,4)16-11-17(22)20(18(23)12-16)27-8-6-25/h9-12,24-25H,5-8H2,1-4H3. The van der Waals surface area contributed by atoms with Gasteiger partial charge in [0.15, 0.2) is 0 Å². The van der Waals surface area contributed by atoms with Crippen LogP contribution in [0.2, 0.25) is 0 Å². The Labute approximate surface area is 177 Å². The van der Waals surface area contributed by atoms with E-state index in [0.717, 1.165) is 31.4 Å². The first-order chi connectivity index (χ1) is 12.7. The molecule has 0 aliphatic heterocycles. The van der Waals surface area contributed by atoms with Crippen LogP contribution in [-0.4, -0.2) is 36.6 Å². The molecule has 27 heavy (non-hydrogen) atoms. The summed E-state index contributed by atoms with van der Waals surface area (Å²) in [6.07, 6.45) is 0. The zero-order valence-electron chi connectivity index (χ0n) is 16.1. The van der Waals surface area contributed by atoms with Gasteiger partial charge in [0.2, 0.25) is 0 Å². The van der Waals surface area contributed by atoms with Crippen LogP contribution in [0.4, 0.5) is 0 Å². The van der Waals surface area contributed by atoms with Gasteiger partial charge in [0.05, 0.1) is 22.2 Å². The lowest BCUT2D eigenvalue weighted by Crippen LogP contribution is -2.20. The summed E-state index contributed by atoms with van der Waals surface area (Å²) in [6.45, 7) is 8.91. The first-order valence-corrected chi connectivity index (χ1v) is 10.4. The minimum Gasteiger partial charge on any atom is -0.491 e. The van der Waals surface area contributed by atoms with Crippen molar-refractivity contribution < 1.29 is 19.7 Å². The molecule has 0 fully saturated rings. The molecule has 0 atom stereocenters. The molecule has 0 spiro atoms. The van der Waals surface area contributed by atoms with Gasteiger partial charge in [-0.15, -0.1) is 0 Å². The van der Waals surface area contributed by atoms with E-state index in [0.29, 0.717) is 12.4 Å². The van der Waals surface area contributed by atoms with E-state index < -0.39 is 0 Å². The van der Waals surface area contributed by atoms with Crippen molar-refractivity contribution >= 4 is 31.9 Å². The third kappa shape index (κ3) is 5.05. The van der Waals surface area contributed by atoms with Crippen LogP contribution in [0.5, 0.6) is 11.5 Å². The van der Waals surface area contributed by atoms with Crippen molar-refractivity contribution in [1.82, 2.24) is 0 Å². The molecular formula is C21H26Br2O4. The first-order valence-electron chi connectivity index (χ1n) is 8.81. The van der Waals surface area contributed by atoms with Crippen molar-refractivity contribution in [3.63, 3.8) is 0 Å². The number of aliphatic hydroxyl groups excluding tert-OH is 2. The van der Waals surface area contributed by atoms with Gasteiger partial charge in [0.25, 0.3) is 0 Å². The lowest BCUT2D eigenvalue weighted by molar-refractivity contribution is 0.200. The average Bonchev–Trinajstić information content (AvgIpc) is 2.60. The maximum Gasteiger partial charge on any atom is 0.147 e. The number of ether oxygens (including phenoxy) is 2. The highest BCUT2D eigenvalue weighted by molar-refractivity contribution is 9.11. The quantitative estimate of drug-likeness (QED) is 0.540. The van der Waals surface area contributed by atoms with Gasteiger partial charge in [-0.1, -0.05) is 26.0 Å². The summed E-state index contributed by atoms with van der Waals surface area (Å²) >= 11 is 7.16. The summed E-state index contributed by atoms with van der Waals surface area (Å²) in [5.74, 6) is 1.52. The predicted molar refractivity (Wildman–Crippen MR) is 115 cm³/mol. The van der Waals surface area contributed by atoms with Crippen molar-refractivity contribution in [1.29, 1.82) is 0 Å². The molecule has 0 unspecified atom stereocenters. The van der Waals surface area contributed by atoms with Crippen molar-refractivity contribution in [3.05, 3.63) is 55.5 Å². The van der Waals surface area contributed by atoms with Crippen molar-refractivity contribution in [2.45, 2.75) is 33.1 Å². The zero-order valence-corrected chi connectivity index (χ0v) is 19.3. The van der Waals surface area contributed by atoms with E-state index in [1.807, 2.05) is 13.8 Å². The van der Waals surface area contributed by atoms with E-state index in [2.05, 4.69) is 70.0 Å². The fraction of sp³-hybridized carbons (Fsp3) is 0.429. The van der Waals surface area contributed by atoms with E-state index in [1.165, 1.54) is 5.56 Å². The molecular weight excluding hydrogens is 476 g/mol. The Bertz CT molecular complexity index is 691. The monoisotopic (exact) mass is 500 g/mol. The molecule has 0 bridgehead atoms. The Hall–Kier alpha value is -1.08. The third-order valence-corrected chi connectivity index (χ3v) is 5.76. The minimum atomic E-state index is -0.244.